The highest BCUT2D eigenvalue weighted by molar-refractivity contribution is 6.31. The van der Waals surface area contributed by atoms with Crippen LogP contribution in [0.25, 0.3) is 23.1 Å². The minimum absolute atomic E-state index is 0.126. The molecule has 4 rings (SSSR count). The SMILES string of the molecule is [2H][C@](O)(CCc1ccccc1C(=O)OC)c1cccc(C=Cc2ccc3ccc(Cl)cc3n2)c1. The monoisotopic (exact) mass is 458 g/mol. The molecule has 1 aromatic heterocycles. The van der Waals surface area contributed by atoms with Crippen LogP contribution >= 0.6 is 11.6 Å². The van der Waals surface area contributed by atoms with Gasteiger partial charge in [-0.3, -0.25) is 0 Å². The predicted octanol–water partition coefficient (Wildman–Crippen LogP) is 6.51. The van der Waals surface area contributed by atoms with Gasteiger partial charge in [-0.2, -0.15) is 0 Å². The van der Waals surface area contributed by atoms with E-state index in [2.05, 4.69) is 4.98 Å². The summed E-state index contributed by atoms with van der Waals surface area (Å²) in [7, 11) is 1.33. The molecule has 0 spiro atoms. The van der Waals surface area contributed by atoms with E-state index in [4.69, 9.17) is 17.7 Å². The minimum Gasteiger partial charge on any atom is -0.465 e. The van der Waals surface area contributed by atoms with Gasteiger partial charge in [0.15, 0.2) is 0 Å². The van der Waals surface area contributed by atoms with E-state index in [0.29, 0.717) is 22.6 Å². The molecule has 1 heterocycles. The summed E-state index contributed by atoms with van der Waals surface area (Å²) in [6.45, 7) is 0. The molecule has 0 fully saturated rings. The van der Waals surface area contributed by atoms with E-state index in [1.54, 1.807) is 24.3 Å². The topological polar surface area (TPSA) is 59.4 Å². The summed E-state index contributed by atoms with van der Waals surface area (Å²) in [4.78, 5) is 16.6. The third-order valence-corrected chi connectivity index (χ3v) is 5.63. The van der Waals surface area contributed by atoms with Crippen molar-refractivity contribution in [2.24, 2.45) is 0 Å². The highest BCUT2D eigenvalue weighted by Crippen LogP contribution is 2.23. The molecule has 4 nitrogen and oxygen atoms in total. The predicted molar refractivity (Wildman–Crippen MR) is 133 cm³/mol. The zero-order valence-corrected chi connectivity index (χ0v) is 18.9. The Labute approximate surface area is 199 Å². The maximum Gasteiger partial charge on any atom is 0.338 e. The summed E-state index contributed by atoms with van der Waals surface area (Å²) in [5, 5.41) is 12.5. The van der Waals surface area contributed by atoms with Gasteiger partial charge in [-0.05, 0) is 65.9 Å². The number of aliphatic hydroxyl groups is 1. The molecule has 0 aliphatic rings. The molecular formula is C28H24ClNO3. The summed E-state index contributed by atoms with van der Waals surface area (Å²) >= 11 is 6.08. The Balaban J connectivity index is 1.51. The van der Waals surface area contributed by atoms with E-state index in [1.807, 2.05) is 66.7 Å². The molecule has 166 valence electrons. The number of nitrogens with zero attached hydrogens (tertiary/aromatic N) is 1. The number of carbonyl (C=O) groups excluding carboxylic acids is 1. The van der Waals surface area contributed by atoms with Crippen LogP contribution in [-0.4, -0.2) is 23.2 Å². The molecule has 0 aliphatic heterocycles. The van der Waals surface area contributed by atoms with Gasteiger partial charge in [0.2, 0.25) is 0 Å². The Bertz CT molecular complexity index is 1370. The van der Waals surface area contributed by atoms with Crippen LogP contribution in [0, 0.1) is 0 Å². The number of rotatable bonds is 7. The van der Waals surface area contributed by atoms with Crippen LogP contribution < -0.4 is 0 Å². The smallest absolute Gasteiger partial charge is 0.338 e. The van der Waals surface area contributed by atoms with E-state index in [0.717, 1.165) is 27.7 Å². The maximum atomic E-state index is 12.0. The number of carbonyl (C=O) groups is 1. The van der Waals surface area contributed by atoms with Crippen molar-refractivity contribution in [2.45, 2.75) is 18.9 Å². The van der Waals surface area contributed by atoms with Gasteiger partial charge in [-0.25, -0.2) is 9.78 Å². The van der Waals surface area contributed by atoms with Crippen molar-refractivity contribution in [3.8, 4) is 0 Å². The van der Waals surface area contributed by atoms with Crippen molar-refractivity contribution in [1.82, 2.24) is 4.98 Å². The standard InChI is InChI=1S/C28H24ClNO3/c1-33-28(32)25-8-3-2-6-20(25)12-16-27(31)22-7-4-5-19(17-22)9-14-24-15-11-21-10-13-23(29)18-26(21)30-24/h2-11,13-15,17-18,27,31H,12,16H2,1H3/t27-/m0/s1/i27D. The van der Waals surface area contributed by atoms with E-state index in [-0.39, 0.29) is 6.42 Å². The number of pyridine rings is 1. The first kappa shape index (κ1) is 21.4. The lowest BCUT2D eigenvalue weighted by Crippen LogP contribution is -2.07. The summed E-state index contributed by atoms with van der Waals surface area (Å²) in [6.07, 6.45) is 2.45. The number of methoxy groups -OCH3 is 1. The van der Waals surface area contributed by atoms with Crippen LogP contribution in [-0.2, 0) is 11.2 Å². The van der Waals surface area contributed by atoms with Crippen LogP contribution in [0.3, 0.4) is 0 Å². The molecule has 0 saturated carbocycles. The van der Waals surface area contributed by atoms with Crippen molar-refractivity contribution in [2.75, 3.05) is 7.11 Å². The van der Waals surface area contributed by atoms with Gasteiger partial charge in [-0.1, -0.05) is 66.2 Å². The first-order valence-electron chi connectivity index (χ1n) is 11.1. The van der Waals surface area contributed by atoms with Gasteiger partial charge in [0.25, 0.3) is 0 Å². The number of hydrogen-bond donors (Lipinski definition) is 1. The summed E-state index contributed by atoms with van der Waals surface area (Å²) in [6, 6.07) is 23.8. The van der Waals surface area contributed by atoms with Crippen LogP contribution in [0.15, 0.2) is 78.9 Å². The second-order valence-corrected chi connectivity index (χ2v) is 8.06. The Morgan fingerprint density at radius 1 is 1.09 bits per heavy atom. The van der Waals surface area contributed by atoms with Gasteiger partial charge < -0.3 is 9.84 Å². The third-order valence-electron chi connectivity index (χ3n) is 5.40. The fourth-order valence-electron chi connectivity index (χ4n) is 3.65. The number of esters is 1. The molecule has 1 atom stereocenters. The third kappa shape index (κ3) is 5.67. The number of fused-ring (bicyclic) bond motifs is 1. The summed E-state index contributed by atoms with van der Waals surface area (Å²) in [5.41, 5.74) is 4.09. The number of benzene rings is 3. The van der Waals surface area contributed by atoms with E-state index < -0.39 is 12.0 Å². The van der Waals surface area contributed by atoms with Crippen molar-refractivity contribution in [1.29, 1.82) is 0 Å². The van der Waals surface area contributed by atoms with Crippen molar-refractivity contribution < 1.29 is 16.0 Å². The number of aryl methyl sites for hydroxylation is 1. The molecule has 5 heteroatoms. The lowest BCUT2D eigenvalue weighted by Gasteiger charge is -2.13. The first-order valence-corrected chi connectivity index (χ1v) is 11.0. The molecule has 33 heavy (non-hydrogen) atoms. The number of halogens is 1. The van der Waals surface area contributed by atoms with E-state index in [9.17, 15) is 9.90 Å². The number of ether oxygens (including phenoxy) is 1. The molecular weight excluding hydrogens is 434 g/mol. The fraction of sp³-hybridized carbons (Fsp3) is 0.143. The van der Waals surface area contributed by atoms with Gasteiger partial charge in [0.05, 0.1) is 31.3 Å². The molecule has 0 radical (unpaired) electrons. The average molecular weight is 459 g/mol. The molecule has 0 aliphatic carbocycles. The summed E-state index contributed by atoms with van der Waals surface area (Å²) < 4.78 is 13.4. The van der Waals surface area contributed by atoms with Crippen LogP contribution in [0.4, 0.5) is 0 Å². The molecule has 0 unspecified atom stereocenters. The second kappa shape index (κ2) is 10.4. The van der Waals surface area contributed by atoms with Crippen molar-refractivity contribution in [3.05, 3.63) is 112 Å². The largest absolute Gasteiger partial charge is 0.465 e. The maximum absolute atomic E-state index is 12.0. The number of aromatic nitrogens is 1. The Morgan fingerprint density at radius 2 is 1.91 bits per heavy atom. The minimum atomic E-state index is -1.81. The van der Waals surface area contributed by atoms with Gasteiger partial charge in [0.1, 0.15) is 0 Å². The van der Waals surface area contributed by atoms with Gasteiger partial charge >= 0.3 is 5.97 Å². The zero-order chi connectivity index (χ0) is 24.1. The molecule has 1 N–H and O–H groups in total. The van der Waals surface area contributed by atoms with Gasteiger partial charge in [0, 0.05) is 10.4 Å². The molecule has 0 saturated heterocycles. The van der Waals surface area contributed by atoms with Gasteiger partial charge in [-0.15, -0.1) is 0 Å². The second-order valence-electron chi connectivity index (χ2n) is 7.63. The highest BCUT2D eigenvalue weighted by Gasteiger charge is 2.14. The fourth-order valence-corrected chi connectivity index (χ4v) is 3.81. The summed E-state index contributed by atoms with van der Waals surface area (Å²) in [5.74, 6) is -0.430. The van der Waals surface area contributed by atoms with Crippen LogP contribution in [0.1, 0.15) is 46.6 Å². The zero-order valence-electron chi connectivity index (χ0n) is 19.2. The molecule has 4 aromatic rings. The highest BCUT2D eigenvalue weighted by atomic mass is 35.5. The van der Waals surface area contributed by atoms with Crippen molar-refractivity contribution >= 4 is 40.6 Å². The van der Waals surface area contributed by atoms with Crippen LogP contribution in [0.5, 0.6) is 0 Å². The Kier molecular flexibility index (Phi) is 6.76. The number of hydrogen-bond acceptors (Lipinski definition) is 4. The Hall–Kier alpha value is -3.47. The first-order chi connectivity index (χ1) is 16.4. The quantitative estimate of drug-likeness (QED) is 0.320. The lowest BCUT2D eigenvalue weighted by atomic mass is 9.97. The van der Waals surface area contributed by atoms with Crippen LogP contribution in [0.2, 0.25) is 5.02 Å². The Morgan fingerprint density at radius 3 is 2.76 bits per heavy atom. The average Bonchev–Trinajstić information content (AvgIpc) is 2.86. The molecule has 3 aromatic carbocycles. The van der Waals surface area contributed by atoms with Crippen molar-refractivity contribution in [3.63, 3.8) is 0 Å². The normalized spacial score (nSPS) is 13.6. The molecule has 0 amide bonds. The van der Waals surface area contributed by atoms with E-state index in [1.165, 1.54) is 7.11 Å². The lowest BCUT2D eigenvalue weighted by molar-refractivity contribution is 0.0599. The molecule has 0 bridgehead atoms. The van der Waals surface area contributed by atoms with E-state index >= 15 is 0 Å².